The van der Waals surface area contributed by atoms with E-state index in [9.17, 15) is 10.1 Å². The van der Waals surface area contributed by atoms with Crippen molar-refractivity contribution in [1.29, 1.82) is 0 Å². The molecule has 1 aromatic carbocycles. The van der Waals surface area contributed by atoms with Crippen LogP contribution in [0.15, 0.2) is 23.4 Å². The van der Waals surface area contributed by atoms with E-state index in [-0.39, 0.29) is 11.4 Å². The molecule has 1 aromatic rings. The molecule has 0 aliphatic carbocycles. The monoisotopic (exact) mass is 222 g/mol. The standard InChI is InChI=1S/C10H10N2O4/c1-15-11-8-5-6-16-10-7(8)3-2-4-9(10)12(13)14/h2-4H,5-6H2,1H3/b11-8+. The summed E-state index contributed by atoms with van der Waals surface area (Å²) < 4.78 is 5.31. The van der Waals surface area contributed by atoms with Gasteiger partial charge in [0.2, 0.25) is 5.75 Å². The first-order chi connectivity index (χ1) is 7.74. The molecule has 6 nitrogen and oxygen atoms in total. The maximum absolute atomic E-state index is 10.8. The van der Waals surface area contributed by atoms with Gasteiger partial charge in [0.1, 0.15) is 7.11 Å². The summed E-state index contributed by atoms with van der Waals surface area (Å²) in [6.45, 7) is 0.375. The van der Waals surface area contributed by atoms with E-state index in [0.29, 0.717) is 24.3 Å². The number of rotatable bonds is 2. The molecule has 84 valence electrons. The Morgan fingerprint density at radius 1 is 1.56 bits per heavy atom. The fourth-order valence-electron chi connectivity index (χ4n) is 1.64. The van der Waals surface area contributed by atoms with Crippen molar-refractivity contribution in [2.45, 2.75) is 6.42 Å². The summed E-state index contributed by atoms with van der Waals surface area (Å²) in [5, 5.41) is 14.6. The molecule has 16 heavy (non-hydrogen) atoms. The van der Waals surface area contributed by atoms with Gasteiger partial charge in [-0.2, -0.15) is 0 Å². The second-order valence-electron chi connectivity index (χ2n) is 3.23. The van der Waals surface area contributed by atoms with E-state index >= 15 is 0 Å². The van der Waals surface area contributed by atoms with Crippen molar-refractivity contribution in [3.05, 3.63) is 33.9 Å². The number of benzene rings is 1. The Kier molecular flexibility index (Phi) is 2.72. The molecule has 0 saturated carbocycles. The average Bonchev–Trinajstić information content (AvgIpc) is 2.29. The molecule has 0 saturated heterocycles. The number of ether oxygens (including phenoxy) is 1. The molecule has 0 bridgehead atoms. The highest BCUT2D eigenvalue weighted by molar-refractivity contribution is 6.04. The Bertz CT molecular complexity index is 456. The number of hydrogen-bond donors (Lipinski definition) is 0. The molecule has 0 radical (unpaired) electrons. The molecule has 1 aliphatic rings. The van der Waals surface area contributed by atoms with Gasteiger partial charge >= 0.3 is 5.69 Å². The Balaban J connectivity index is 2.55. The number of para-hydroxylation sites is 1. The van der Waals surface area contributed by atoms with Crippen LogP contribution in [0.3, 0.4) is 0 Å². The van der Waals surface area contributed by atoms with Gasteiger partial charge in [-0.05, 0) is 6.07 Å². The molecular formula is C10H10N2O4. The van der Waals surface area contributed by atoms with Gasteiger partial charge in [0.15, 0.2) is 0 Å². The van der Waals surface area contributed by atoms with Crippen molar-refractivity contribution < 1.29 is 14.5 Å². The van der Waals surface area contributed by atoms with Crippen LogP contribution in [-0.4, -0.2) is 24.4 Å². The summed E-state index contributed by atoms with van der Waals surface area (Å²) in [7, 11) is 1.44. The van der Waals surface area contributed by atoms with E-state index in [1.54, 1.807) is 12.1 Å². The predicted octanol–water partition coefficient (Wildman–Crippen LogP) is 1.73. The van der Waals surface area contributed by atoms with Crippen molar-refractivity contribution in [1.82, 2.24) is 0 Å². The maximum Gasteiger partial charge on any atom is 0.311 e. The molecule has 0 amide bonds. The summed E-state index contributed by atoms with van der Waals surface area (Å²) in [6, 6.07) is 4.75. The van der Waals surface area contributed by atoms with Crippen molar-refractivity contribution >= 4 is 11.4 Å². The molecule has 0 aromatic heterocycles. The van der Waals surface area contributed by atoms with E-state index in [0.717, 1.165) is 0 Å². The molecular weight excluding hydrogens is 212 g/mol. The summed E-state index contributed by atoms with van der Waals surface area (Å²) in [5.74, 6) is 0.273. The zero-order valence-electron chi connectivity index (χ0n) is 8.67. The smallest absolute Gasteiger partial charge is 0.311 e. The van der Waals surface area contributed by atoms with Crippen LogP contribution >= 0.6 is 0 Å². The van der Waals surface area contributed by atoms with Gasteiger partial charge in [0, 0.05) is 18.1 Å². The first-order valence-corrected chi connectivity index (χ1v) is 4.74. The largest absolute Gasteiger partial charge is 0.486 e. The zero-order chi connectivity index (χ0) is 11.5. The number of nitrogens with zero attached hydrogens (tertiary/aromatic N) is 2. The second-order valence-corrected chi connectivity index (χ2v) is 3.23. The lowest BCUT2D eigenvalue weighted by Crippen LogP contribution is -2.17. The van der Waals surface area contributed by atoms with Crippen molar-refractivity contribution in [3.63, 3.8) is 0 Å². The molecule has 0 spiro atoms. The highest BCUT2D eigenvalue weighted by atomic mass is 16.6. The van der Waals surface area contributed by atoms with Crippen LogP contribution in [0, 0.1) is 10.1 Å². The van der Waals surface area contributed by atoms with Crippen LogP contribution in [0.1, 0.15) is 12.0 Å². The Hall–Kier alpha value is -2.11. The van der Waals surface area contributed by atoms with Crippen LogP contribution in [0.2, 0.25) is 0 Å². The van der Waals surface area contributed by atoms with Crippen LogP contribution in [0.5, 0.6) is 5.75 Å². The molecule has 0 fully saturated rings. The summed E-state index contributed by atoms with van der Waals surface area (Å²) in [5.41, 5.74) is 1.26. The van der Waals surface area contributed by atoms with Gasteiger partial charge in [-0.3, -0.25) is 10.1 Å². The summed E-state index contributed by atoms with van der Waals surface area (Å²) >= 11 is 0. The van der Waals surface area contributed by atoms with E-state index in [1.807, 2.05) is 0 Å². The number of hydrogen-bond acceptors (Lipinski definition) is 5. The molecule has 1 heterocycles. The van der Waals surface area contributed by atoms with Crippen LogP contribution in [0.4, 0.5) is 5.69 Å². The van der Waals surface area contributed by atoms with Crippen LogP contribution in [0.25, 0.3) is 0 Å². The van der Waals surface area contributed by atoms with E-state index < -0.39 is 4.92 Å². The molecule has 0 N–H and O–H groups in total. The average molecular weight is 222 g/mol. The third kappa shape index (κ3) is 1.69. The zero-order valence-corrected chi connectivity index (χ0v) is 8.67. The fraction of sp³-hybridized carbons (Fsp3) is 0.300. The fourth-order valence-corrected chi connectivity index (χ4v) is 1.64. The minimum atomic E-state index is -0.464. The number of nitro benzene ring substituents is 1. The highest BCUT2D eigenvalue weighted by Gasteiger charge is 2.25. The Morgan fingerprint density at radius 2 is 2.38 bits per heavy atom. The van der Waals surface area contributed by atoms with Crippen molar-refractivity contribution in [2.75, 3.05) is 13.7 Å². The van der Waals surface area contributed by atoms with E-state index in [4.69, 9.17) is 9.57 Å². The van der Waals surface area contributed by atoms with Crippen molar-refractivity contribution in [3.8, 4) is 5.75 Å². The Labute approximate surface area is 91.6 Å². The van der Waals surface area contributed by atoms with Gasteiger partial charge in [-0.15, -0.1) is 0 Å². The van der Waals surface area contributed by atoms with Gasteiger partial charge in [0.25, 0.3) is 0 Å². The van der Waals surface area contributed by atoms with Crippen LogP contribution < -0.4 is 4.74 Å². The lowest BCUT2D eigenvalue weighted by Gasteiger charge is -2.17. The normalized spacial score (nSPS) is 16.4. The van der Waals surface area contributed by atoms with E-state index in [1.165, 1.54) is 13.2 Å². The second kappa shape index (κ2) is 4.18. The van der Waals surface area contributed by atoms with Gasteiger partial charge in [-0.1, -0.05) is 11.2 Å². The molecule has 2 rings (SSSR count). The first kappa shape index (κ1) is 10.4. The first-order valence-electron chi connectivity index (χ1n) is 4.74. The van der Waals surface area contributed by atoms with Crippen molar-refractivity contribution in [2.24, 2.45) is 5.16 Å². The van der Waals surface area contributed by atoms with E-state index in [2.05, 4.69) is 5.16 Å². The third-order valence-electron chi connectivity index (χ3n) is 2.29. The Morgan fingerprint density at radius 3 is 3.06 bits per heavy atom. The molecule has 1 aliphatic heterocycles. The van der Waals surface area contributed by atoms with Crippen LogP contribution in [-0.2, 0) is 4.84 Å². The quantitative estimate of drug-likeness (QED) is 0.564. The SMILES string of the molecule is CO/N=C1\CCOc2c1cccc2[N+](=O)[O-]. The maximum atomic E-state index is 10.8. The minimum Gasteiger partial charge on any atom is -0.486 e. The lowest BCUT2D eigenvalue weighted by molar-refractivity contribution is -0.385. The molecule has 6 heteroatoms. The van der Waals surface area contributed by atoms with Gasteiger partial charge in [0.05, 0.1) is 17.2 Å². The third-order valence-corrected chi connectivity index (χ3v) is 2.29. The van der Waals surface area contributed by atoms with Gasteiger partial charge in [-0.25, -0.2) is 0 Å². The lowest BCUT2D eigenvalue weighted by atomic mass is 10.0. The van der Waals surface area contributed by atoms with Gasteiger partial charge < -0.3 is 9.57 Å². The molecule has 0 atom stereocenters. The molecule has 0 unspecified atom stereocenters. The number of nitro groups is 1. The highest BCUT2D eigenvalue weighted by Crippen LogP contribution is 2.34. The predicted molar refractivity (Wildman–Crippen MR) is 56.8 cm³/mol. The number of oxime groups is 1. The summed E-state index contributed by atoms with van der Waals surface area (Å²) in [6.07, 6.45) is 0.585. The summed E-state index contributed by atoms with van der Waals surface area (Å²) in [4.78, 5) is 15.0. The minimum absolute atomic E-state index is 0.0407. The number of fused-ring (bicyclic) bond motifs is 1. The topological polar surface area (TPSA) is 74.0 Å².